The molecule has 8 heteroatoms. The number of hydrogen-bond donors (Lipinski definition) is 0. The Bertz CT molecular complexity index is 1070. The standard InChI is InChI=1S/C21H15Cl2N3O3/c1-2-29-20(28)16(10-24)21(12-25)15-6-4-3-5-14(15)19(27)26(21)11-13-7-8-17(22)18(23)9-13/h3-9,16H,2,11H2,1H3. The SMILES string of the molecule is CCOC(=O)C(C#N)C1(C#N)c2ccccc2C(=O)N1Cc1ccc(Cl)c(Cl)c1. The van der Waals surface area contributed by atoms with Crippen molar-refractivity contribution >= 4 is 35.1 Å². The first kappa shape index (κ1) is 20.7. The van der Waals surface area contributed by atoms with Gasteiger partial charge in [0.05, 0.1) is 28.8 Å². The third-order valence-corrected chi connectivity index (χ3v) is 5.54. The van der Waals surface area contributed by atoms with Crippen molar-refractivity contribution < 1.29 is 14.3 Å². The molecule has 1 aliphatic heterocycles. The highest BCUT2D eigenvalue weighted by Gasteiger charge is 2.58. The van der Waals surface area contributed by atoms with Crippen molar-refractivity contribution in [3.63, 3.8) is 0 Å². The van der Waals surface area contributed by atoms with E-state index in [0.29, 0.717) is 16.1 Å². The number of nitriles is 2. The predicted molar refractivity (Wildman–Crippen MR) is 106 cm³/mol. The van der Waals surface area contributed by atoms with Crippen LogP contribution in [0.25, 0.3) is 0 Å². The molecule has 0 fully saturated rings. The second kappa shape index (κ2) is 8.13. The first-order chi connectivity index (χ1) is 13.9. The molecule has 1 aliphatic rings. The Morgan fingerprint density at radius 2 is 1.93 bits per heavy atom. The van der Waals surface area contributed by atoms with Gasteiger partial charge in [0.25, 0.3) is 5.91 Å². The topological polar surface area (TPSA) is 94.2 Å². The maximum Gasteiger partial charge on any atom is 0.327 e. The van der Waals surface area contributed by atoms with Crippen LogP contribution >= 0.6 is 23.2 Å². The molecular formula is C21H15Cl2N3O3. The van der Waals surface area contributed by atoms with E-state index in [-0.39, 0.29) is 23.7 Å². The Hall–Kier alpha value is -3.06. The first-order valence-corrected chi connectivity index (χ1v) is 9.49. The van der Waals surface area contributed by atoms with Crippen LogP contribution in [0.1, 0.15) is 28.4 Å². The minimum atomic E-state index is -1.83. The first-order valence-electron chi connectivity index (χ1n) is 8.73. The molecule has 2 atom stereocenters. The highest BCUT2D eigenvalue weighted by molar-refractivity contribution is 6.42. The van der Waals surface area contributed by atoms with Crippen molar-refractivity contribution in [3.8, 4) is 12.1 Å². The third kappa shape index (κ3) is 3.31. The second-order valence-electron chi connectivity index (χ2n) is 6.38. The average molecular weight is 428 g/mol. The molecule has 2 unspecified atom stereocenters. The van der Waals surface area contributed by atoms with Crippen LogP contribution in [0, 0.1) is 28.6 Å². The number of carbonyl (C=O) groups is 2. The smallest absolute Gasteiger partial charge is 0.327 e. The van der Waals surface area contributed by atoms with E-state index in [0.717, 1.165) is 0 Å². The van der Waals surface area contributed by atoms with E-state index in [1.165, 1.54) is 4.90 Å². The minimum absolute atomic E-state index is 0.0426. The van der Waals surface area contributed by atoms with Crippen LogP contribution in [0.15, 0.2) is 42.5 Å². The van der Waals surface area contributed by atoms with E-state index >= 15 is 0 Å². The quantitative estimate of drug-likeness (QED) is 0.670. The maximum absolute atomic E-state index is 13.2. The lowest BCUT2D eigenvalue weighted by Crippen LogP contribution is -2.50. The van der Waals surface area contributed by atoms with E-state index < -0.39 is 23.3 Å². The highest BCUT2D eigenvalue weighted by atomic mass is 35.5. The van der Waals surface area contributed by atoms with E-state index in [1.54, 1.807) is 49.4 Å². The number of ether oxygens (including phenoxy) is 1. The molecule has 0 bridgehead atoms. The molecular weight excluding hydrogens is 413 g/mol. The average Bonchev–Trinajstić information content (AvgIpc) is 2.95. The van der Waals surface area contributed by atoms with Crippen molar-refractivity contribution in [2.24, 2.45) is 5.92 Å². The van der Waals surface area contributed by atoms with Crippen molar-refractivity contribution in [3.05, 3.63) is 69.2 Å². The number of nitrogens with zero attached hydrogens (tertiary/aromatic N) is 3. The lowest BCUT2D eigenvalue weighted by atomic mass is 9.79. The molecule has 2 aromatic carbocycles. The van der Waals surface area contributed by atoms with Gasteiger partial charge in [-0.25, -0.2) is 0 Å². The zero-order valence-corrected chi connectivity index (χ0v) is 16.9. The molecule has 2 aromatic rings. The van der Waals surface area contributed by atoms with E-state index in [4.69, 9.17) is 27.9 Å². The molecule has 0 saturated carbocycles. The summed E-state index contributed by atoms with van der Waals surface area (Å²) in [5, 5.41) is 20.6. The van der Waals surface area contributed by atoms with Gasteiger partial charge in [0, 0.05) is 17.7 Å². The molecule has 0 saturated heterocycles. The minimum Gasteiger partial charge on any atom is -0.465 e. The van der Waals surface area contributed by atoms with Crippen LogP contribution in [0.4, 0.5) is 0 Å². The number of amides is 1. The monoisotopic (exact) mass is 427 g/mol. The normalized spacial score (nSPS) is 18.5. The molecule has 29 heavy (non-hydrogen) atoms. The molecule has 0 radical (unpaired) electrons. The summed E-state index contributed by atoms with van der Waals surface area (Å²) in [6, 6.07) is 15.2. The number of hydrogen-bond acceptors (Lipinski definition) is 5. The van der Waals surface area contributed by atoms with Crippen LogP contribution in [0.2, 0.25) is 10.0 Å². The molecule has 1 amide bonds. The zero-order valence-electron chi connectivity index (χ0n) is 15.4. The molecule has 0 N–H and O–H groups in total. The molecule has 0 aromatic heterocycles. The van der Waals surface area contributed by atoms with Crippen molar-refractivity contribution in [1.82, 2.24) is 4.90 Å². The molecule has 0 aliphatic carbocycles. The fourth-order valence-corrected chi connectivity index (χ4v) is 3.83. The van der Waals surface area contributed by atoms with Gasteiger partial charge in [0.1, 0.15) is 0 Å². The Kier molecular flexibility index (Phi) is 5.79. The van der Waals surface area contributed by atoms with Crippen LogP contribution < -0.4 is 0 Å². The fourth-order valence-electron chi connectivity index (χ4n) is 3.51. The third-order valence-electron chi connectivity index (χ3n) is 4.80. The van der Waals surface area contributed by atoms with Gasteiger partial charge in [-0.3, -0.25) is 9.59 Å². The summed E-state index contributed by atoms with van der Waals surface area (Å²) < 4.78 is 5.03. The Morgan fingerprint density at radius 3 is 2.55 bits per heavy atom. The number of fused-ring (bicyclic) bond motifs is 1. The van der Waals surface area contributed by atoms with Gasteiger partial charge in [0.15, 0.2) is 11.5 Å². The zero-order chi connectivity index (χ0) is 21.2. The van der Waals surface area contributed by atoms with Gasteiger partial charge in [-0.05, 0) is 30.7 Å². The summed E-state index contributed by atoms with van der Waals surface area (Å²) in [5.41, 5.74) is -0.674. The number of esters is 1. The van der Waals surface area contributed by atoms with Gasteiger partial charge < -0.3 is 9.64 Å². The number of carbonyl (C=O) groups excluding carboxylic acids is 2. The van der Waals surface area contributed by atoms with Crippen molar-refractivity contribution in [1.29, 1.82) is 10.5 Å². The van der Waals surface area contributed by atoms with Gasteiger partial charge in [-0.15, -0.1) is 0 Å². The van der Waals surface area contributed by atoms with Gasteiger partial charge >= 0.3 is 5.97 Å². The summed E-state index contributed by atoms with van der Waals surface area (Å²) in [4.78, 5) is 27.0. The van der Waals surface area contributed by atoms with E-state index in [1.807, 2.05) is 6.07 Å². The lowest BCUT2D eigenvalue weighted by molar-refractivity contribution is -0.149. The van der Waals surface area contributed by atoms with E-state index in [2.05, 4.69) is 6.07 Å². The number of halogens is 2. The summed E-state index contributed by atoms with van der Waals surface area (Å²) in [5.74, 6) is -2.85. The van der Waals surface area contributed by atoms with Gasteiger partial charge in [0.2, 0.25) is 0 Å². The Balaban J connectivity index is 2.18. The number of benzene rings is 2. The lowest BCUT2D eigenvalue weighted by Gasteiger charge is -2.35. The highest BCUT2D eigenvalue weighted by Crippen LogP contribution is 2.45. The number of rotatable bonds is 5. The van der Waals surface area contributed by atoms with E-state index in [9.17, 15) is 20.1 Å². The molecule has 1 heterocycles. The van der Waals surface area contributed by atoms with Crippen LogP contribution in [-0.2, 0) is 21.6 Å². The largest absolute Gasteiger partial charge is 0.465 e. The van der Waals surface area contributed by atoms with Crippen LogP contribution in [-0.4, -0.2) is 23.4 Å². The van der Waals surface area contributed by atoms with Gasteiger partial charge in [-0.2, -0.15) is 10.5 Å². The molecule has 146 valence electrons. The second-order valence-corrected chi connectivity index (χ2v) is 7.19. The summed E-state index contributed by atoms with van der Waals surface area (Å²) >= 11 is 12.0. The molecule has 6 nitrogen and oxygen atoms in total. The Labute approximate surface area is 177 Å². The Morgan fingerprint density at radius 1 is 1.21 bits per heavy atom. The van der Waals surface area contributed by atoms with Crippen LogP contribution in [0.5, 0.6) is 0 Å². The molecule has 3 rings (SSSR count). The predicted octanol–water partition coefficient (Wildman–Crippen LogP) is 4.07. The van der Waals surface area contributed by atoms with Crippen molar-refractivity contribution in [2.45, 2.75) is 19.0 Å². The summed E-state index contributed by atoms with van der Waals surface area (Å²) in [7, 11) is 0. The summed E-state index contributed by atoms with van der Waals surface area (Å²) in [6.45, 7) is 1.60. The van der Waals surface area contributed by atoms with Gasteiger partial charge in [-0.1, -0.05) is 47.5 Å². The fraction of sp³-hybridized carbons (Fsp3) is 0.238. The summed E-state index contributed by atoms with van der Waals surface area (Å²) in [6.07, 6.45) is 0. The van der Waals surface area contributed by atoms with Crippen LogP contribution in [0.3, 0.4) is 0 Å². The molecule has 0 spiro atoms. The maximum atomic E-state index is 13.2. The van der Waals surface area contributed by atoms with Crippen molar-refractivity contribution in [2.75, 3.05) is 6.61 Å².